The molecule has 0 aliphatic heterocycles. The summed E-state index contributed by atoms with van der Waals surface area (Å²) >= 11 is 0. The first kappa shape index (κ1) is 7.79. The van der Waals surface area contributed by atoms with Crippen LogP contribution in [0.2, 0.25) is 0 Å². The highest BCUT2D eigenvalue weighted by Gasteiger charge is 2.02. The van der Waals surface area contributed by atoms with Crippen LogP contribution in [0.3, 0.4) is 0 Å². The Morgan fingerprint density at radius 3 is 2.92 bits per heavy atom. The zero-order valence-corrected chi connectivity index (χ0v) is 7.07. The molecule has 0 bridgehead atoms. The molecule has 2 aromatic heterocycles. The molecule has 0 unspecified atom stereocenters. The van der Waals surface area contributed by atoms with Gasteiger partial charge in [-0.1, -0.05) is 6.07 Å². The predicted molar refractivity (Wildman–Crippen MR) is 50.0 cm³/mol. The molecule has 4 heteroatoms. The van der Waals surface area contributed by atoms with Gasteiger partial charge in [0.25, 0.3) is 0 Å². The second-order valence-corrected chi connectivity index (χ2v) is 2.81. The van der Waals surface area contributed by atoms with Gasteiger partial charge in [0.15, 0.2) is 0 Å². The molecule has 2 aromatic rings. The van der Waals surface area contributed by atoms with Gasteiger partial charge < -0.3 is 5.73 Å². The SMILES string of the molecule is Nc1[nH]ncc1Cc1ccccn1. The van der Waals surface area contributed by atoms with Crippen LogP contribution in [0.4, 0.5) is 5.82 Å². The lowest BCUT2D eigenvalue weighted by atomic mass is 10.2. The van der Waals surface area contributed by atoms with Gasteiger partial charge in [0.05, 0.1) is 6.20 Å². The summed E-state index contributed by atoms with van der Waals surface area (Å²) in [5, 5.41) is 6.53. The van der Waals surface area contributed by atoms with Crippen LogP contribution in [-0.4, -0.2) is 15.2 Å². The summed E-state index contributed by atoms with van der Waals surface area (Å²) in [7, 11) is 0. The van der Waals surface area contributed by atoms with Crippen molar-refractivity contribution in [3.63, 3.8) is 0 Å². The normalized spacial score (nSPS) is 10.2. The van der Waals surface area contributed by atoms with Crippen molar-refractivity contribution in [2.45, 2.75) is 6.42 Å². The molecule has 0 saturated heterocycles. The molecule has 13 heavy (non-hydrogen) atoms. The van der Waals surface area contributed by atoms with Crippen molar-refractivity contribution >= 4 is 5.82 Å². The zero-order valence-electron chi connectivity index (χ0n) is 7.07. The number of rotatable bonds is 2. The van der Waals surface area contributed by atoms with E-state index in [0.29, 0.717) is 5.82 Å². The van der Waals surface area contributed by atoms with Crippen LogP contribution in [0.5, 0.6) is 0 Å². The quantitative estimate of drug-likeness (QED) is 0.713. The molecule has 0 saturated carbocycles. The lowest BCUT2D eigenvalue weighted by Gasteiger charge is -1.97. The van der Waals surface area contributed by atoms with Gasteiger partial charge in [-0.15, -0.1) is 0 Å². The predicted octanol–water partition coefficient (Wildman–Crippen LogP) is 0.978. The number of hydrogen-bond donors (Lipinski definition) is 2. The number of nitrogens with zero attached hydrogens (tertiary/aromatic N) is 2. The Kier molecular flexibility index (Phi) is 1.96. The summed E-state index contributed by atoms with van der Waals surface area (Å²) in [6, 6.07) is 5.81. The highest BCUT2D eigenvalue weighted by Crippen LogP contribution is 2.10. The van der Waals surface area contributed by atoms with Gasteiger partial charge in [0, 0.05) is 23.9 Å². The molecule has 0 aromatic carbocycles. The molecule has 2 heterocycles. The maximum absolute atomic E-state index is 5.64. The molecule has 0 amide bonds. The second-order valence-electron chi connectivity index (χ2n) is 2.81. The smallest absolute Gasteiger partial charge is 0.122 e. The number of pyridine rings is 1. The van der Waals surface area contributed by atoms with E-state index in [1.54, 1.807) is 12.4 Å². The number of nitrogens with two attached hydrogens (primary N) is 1. The average molecular weight is 174 g/mol. The van der Waals surface area contributed by atoms with Crippen LogP contribution in [0.15, 0.2) is 30.6 Å². The molecular formula is C9H10N4. The highest BCUT2D eigenvalue weighted by atomic mass is 15.1. The summed E-state index contributed by atoms with van der Waals surface area (Å²) in [5.41, 5.74) is 7.62. The van der Waals surface area contributed by atoms with Crippen LogP contribution < -0.4 is 5.73 Å². The van der Waals surface area contributed by atoms with E-state index < -0.39 is 0 Å². The van der Waals surface area contributed by atoms with Crippen molar-refractivity contribution in [2.75, 3.05) is 5.73 Å². The lowest BCUT2D eigenvalue weighted by Crippen LogP contribution is -1.94. The van der Waals surface area contributed by atoms with Gasteiger partial charge in [0.1, 0.15) is 5.82 Å². The van der Waals surface area contributed by atoms with E-state index in [-0.39, 0.29) is 0 Å². The molecule has 0 fully saturated rings. The van der Waals surface area contributed by atoms with Gasteiger partial charge in [0.2, 0.25) is 0 Å². The molecule has 0 aliphatic carbocycles. The van der Waals surface area contributed by atoms with Crippen molar-refractivity contribution in [3.8, 4) is 0 Å². The number of aromatic nitrogens is 3. The Balaban J connectivity index is 2.20. The summed E-state index contributed by atoms with van der Waals surface area (Å²) in [5.74, 6) is 0.616. The Morgan fingerprint density at radius 2 is 2.31 bits per heavy atom. The summed E-state index contributed by atoms with van der Waals surface area (Å²) in [6.07, 6.45) is 4.22. The fraction of sp³-hybridized carbons (Fsp3) is 0.111. The summed E-state index contributed by atoms with van der Waals surface area (Å²) < 4.78 is 0. The first-order chi connectivity index (χ1) is 6.36. The van der Waals surface area contributed by atoms with Gasteiger partial charge in [-0.05, 0) is 12.1 Å². The number of nitrogens with one attached hydrogen (secondary N) is 1. The second kappa shape index (κ2) is 3.26. The summed E-state index contributed by atoms with van der Waals surface area (Å²) in [6.45, 7) is 0. The van der Waals surface area contributed by atoms with Crippen molar-refractivity contribution in [3.05, 3.63) is 41.9 Å². The monoisotopic (exact) mass is 174 g/mol. The van der Waals surface area contributed by atoms with E-state index in [2.05, 4.69) is 15.2 Å². The third kappa shape index (κ3) is 1.66. The van der Waals surface area contributed by atoms with Crippen LogP contribution in [0.25, 0.3) is 0 Å². The minimum Gasteiger partial charge on any atom is -0.384 e. The average Bonchev–Trinajstić information content (AvgIpc) is 2.54. The fourth-order valence-electron chi connectivity index (χ4n) is 1.16. The fourth-order valence-corrected chi connectivity index (χ4v) is 1.16. The largest absolute Gasteiger partial charge is 0.384 e. The molecular weight excluding hydrogens is 164 g/mol. The Bertz CT molecular complexity index is 380. The van der Waals surface area contributed by atoms with E-state index in [1.165, 1.54) is 0 Å². The number of hydrogen-bond acceptors (Lipinski definition) is 3. The van der Waals surface area contributed by atoms with Crippen LogP contribution in [-0.2, 0) is 6.42 Å². The van der Waals surface area contributed by atoms with Crippen LogP contribution in [0.1, 0.15) is 11.3 Å². The third-order valence-corrected chi connectivity index (χ3v) is 1.85. The van der Waals surface area contributed by atoms with E-state index >= 15 is 0 Å². The minimum atomic E-state index is 0.616. The topological polar surface area (TPSA) is 67.6 Å². The minimum absolute atomic E-state index is 0.616. The number of anilines is 1. The standard InChI is InChI=1S/C9H10N4/c10-9-7(6-12-13-9)5-8-3-1-2-4-11-8/h1-4,6H,5H2,(H3,10,12,13). The van der Waals surface area contributed by atoms with Gasteiger partial charge in [-0.3, -0.25) is 10.1 Å². The first-order valence-corrected chi connectivity index (χ1v) is 4.04. The molecule has 0 spiro atoms. The molecule has 3 N–H and O–H groups in total. The molecule has 0 radical (unpaired) electrons. The Hall–Kier alpha value is -1.84. The molecule has 4 nitrogen and oxygen atoms in total. The van der Waals surface area contributed by atoms with Crippen molar-refractivity contribution in [2.24, 2.45) is 0 Å². The van der Waals surface area contributed by atoms with E-state index in [1.807, 2.05) is 18.2 Å². The van der Waals surface area contributed by atoms with E-state index in [4.69, 9.17) is 5.73 Å². The van der Waals surface area contributed by atoms with Gasteiger partial charge >= 0.3 is 0 Å². The number of nitrogen functional groups attached to an aromatic ring is 1. The molecule has 0 aliphatic rings. The molecule has 2 rings (SSSR count). The maximum Gasteiger partial charge on any atom is 0.122 e. The summed E-state index contributed by atoms with van der Waals surface area (Å²) in [4.78, 5) is 4.20. The Labute approximate surface area is 75.8 Å². The van der Waals surface area contributed by atoms with E-state index in [9.17, 15) is 0 Å². The molecule has 0 atom stereocenters. The number of H-pyrrole nitrogens is 1. The van der Waals surface area contributed by atoms with Gasteiger partial charge in [-0.25, -0.2) is 0 Å². The van der Waals surface area contributed by atoms with Crippen molar-refractivity contribution in [1.82, 2.24) is 15.2 Å². The van der Waals surface area contributed by atoms with Crippen LogP contribution in [0, 0.1) is 0 Å². The van der Waals surface area contributed by atoms with Crippen molar-refractivity contribution in [1.29, 1.82) is 0 Å². The maximum atomic E-state index is 5.64. The highest BCUT2D eigenvalue weighted by molar-refractivity contribution is 5.39. The number of aromatic amines is 1. The third-order valence-electron chi connectivity index (χ3n) is 1.85. The molecule has 66 valence electrons. The first-order valence-electron chi connectivity index (χ1n) is 4.04. The Morgan fingerprint density at radius 1 is 1.38 bits per heavy atom. The van der Waals surface area contributed by atoms with Crippen molar-refractivity contribution < 1.29 is 0 Å². The van der Waals surface area contributed by atoms with Crippen LogP contribution >= 0.6 is 0 Å². The zero-order chi connectivity index (χ0) is 9.10. The lowest BCUT2D eigenvalue weighted by molar-refractivity contribution is 1.08. The van der Waals surface area contributed by atoms with Gasteiger partial charge in [-0.2, -0.15) is 5.10 Å². The van der Waals surface area contributed by atoms with E-state index in [0.717, 1.165) is 17.7 Å².